The Hall–Kier alpha value is -1.45. The van der Waals surface area contributed by atoms with E-state index in [2.05, 4.69) is 4.98 Å². The summed E-state index contributed by atoms with van der Waals surface area (Å²) in [5.74, 6) is 0.0514. The zero-order valence-electron chi connectivity index (χ0n) is 10.2. The number of aromatic nitrogens is 1. The topological polar surface area (TPSA) is 59.1 Å². The monoisotopic (exact) mass is 230 g/mol. The van der Waals surface area contributed by atoms with Gasteiger partial charge in [-0.2, -0.15) is 0 Å². The number of nitrogens with two attached hydrogens (primary N) is 1. The highest BCUT2D eigenvalue weighted by Gasteiger charge is 2.31. The van der Waals surface area contributed by atoms with Crippen LogP contribution in [0.25, 0.3) is 10.9 Å². The van der Waals surface area contributed by atoms with Crippen molar-refractivity contribution >= 4 is 10.9 Å². The van der Waals surface area contributed by atoms with Crippen molar-refractivity contribution in [1.82, 2.24) is 4.98 Å². The summed E-state index contributed by atoms with van der Waals surface area (Å²) in [5, 5.41) is 11.6. The number of benzene rings is 1. The molecule has 1 aromatic heterocycles. The van der Waals surface area contributed by atoms with Crippen LogP contribution >= 0.6 is 0 Å². The van der Waals surface area contributed by atoms with Crippen LogP contribution in [0.3, 0.4) is 0 Å². The van der Waals surface area contributed by atoms with E-state index in [1.807, 2.05) is 44.2 Å². The zero-order valence-corrected chi connectivity index (χ0v) is 10.2. The maximum Gasteiger partial charge on any atom is 0.106 e. The van der Waals surface area contributed by atoms with E-state index in [-0.39, 0.29) is 12.5 Å². The first kappa shape index (κ1) is 12.0. The number of hydrogen-bond acceptors (Lipinski definition) is 3. The molecule has 0 aliphatic heterocycles. The lowest BCUT2D eigenvalue weighted by atomic mass is 9.84. The Balaban J connectivity index is 2.55. The largest absolute Gasteiger partial charge is 0.384 e. The van der Waals surface area contributed by atoms with Gasteiger partial charge >= 0.3 is 0 Å². The molecule has 17 heavy (non-hydrogen) atoms. The molecule has 2 rings (SSSR count). The molecule has 3 heteroatoms. The molecule has 0 aliphatic rings. The molecule has 90 valence electrons. The van der Waals surface area contributed by atoms with E-state index in [4.69, 9.17) is 5.73 Å². The van der Waals surface area contributed by atoms with Crippen LogP contribution in [-0.2, 0) is 5.60 Å². The van der Waals surface area contributed by atoms with Gasteiger partial charge in [-0.3, -0.25) is 4.98 Å². The van der Waals surface area contributed by atoms with E-state index >= 15 is 0 Å². The first-order valence-electron chi connectivity index (χ1n) is 5.85. The summed E-state index contributed by atoms with van der Waals surface area (Å²) >= 11 is 0. The second-order valence-corrected chi connectivity index (χ2v) is 4.70. The van der Waals surface area contributed by atoms with Crippen LogP contribution in [0.15, 0.2) is 36.5 Å². The van der Waals surface area contributed by atoms with Gasteiger partial charge in [0.15, 0.2) is 0 Å². The fraction of sp³-hybridized carbons (Fsp3) is 0.357. The number of hydrogen-bond donors (Lipinski definition) is 2. The van der Waals surface area contributed by atoms with E-state index in [9.17, 15) is 5.11 Å². The number of nitrogens with zero attached hydrogens (tertiary/aromatic N) is 1. The van der Waals surface area contributed by atoms with Crippen molar-refractivity contribution in [1.29, 1.82) is 0 Å². The lowest BCUT2D eigenvalue weighted by molar-refractivity contribution is -0.00129. The third-order valence-electron chi connectivity index (χ3n) is 3.36. The molecule has 0 aliphatic carbocycles. The molecule has 1 atom stereocenters. The van der Waals surface area contributed by atoms with Crippen LogP contribution in [0.2, 0.25) is 0 Å². The van der Waals surface area contributed by atoms with Crippen molar-refractivity contribution in [2.45, 2.75) is 19.4 Å². The third-order valence-corrected chi connectivity index (χ3v) is 3.36. The second-order valence-electron chi connectivity index (χ2n) is 4.70. The molecule has 1 unspecified atom stereocenters. The van der Waals surface area contributed by atoms with Crippen LogP contribution in [0.4, 0.5) is 0 Å². The maximum absolute atomic E-state index is 10.6. The van der Waals surface area contributed by atoms with Gasteiger partial charge < -0.3 is 10.8 Å². The normalized spacial score (nSPS) is 15.1. The van der Waals surface area contributed by atoms with Gasteiger partial charge in [-0.15, -0.1) is 0 Å². The number of para-hydroxylation sites is 1. The van der Waals surface area contributed by atoms with Crippen LogP contribution in [0, 0.1) is 5.92 Å². The summed E-state index contributed by atoms with van der Waals surface area (Å²) in [6.45, 7) is 4.12. The second kappa shape index (κ2) is 4.43. The standard InChI is InChI=1S/C14H18N2O/c1-10(2)14(17,9-15)12-7-11-5-3-4-6-13(11)16-8-12/h3-8,10,17H,9,15H2,1-2H3. The Morgan fingerprint density at radius 2 is 2.06 bits per heavy atom. The predicted octanol–water partition coefficient (Wildman–Crippen LogP) is 2.04. The van der Waals surface area contributed by atoms with E-state index in [1.54, 1.807) is 6.20 Å². The fourth-order valence-corrected chi connectivity index (χ4v) is 1.99. The van der Waals surface area contributed by atoms with E-state index in [0.29, 0.717) is 0 Å². The number of rotatable bonds is 3. The van der Waals surface area contributed by atoms with Crippen molar-refractivity contribution in [3.63, 3.8) is 0 Å². The van der Waals surface area contributed by atoms with Crippen LogP contribution in [0.1, 0.15) is 19.4 Å². The Labute approximate surface area is 101 Å². The van der Waals surface area contributed by atoms with Gasteiger partial charge in [-0.1, -0.05) is 32.0 Å². The minimum absolute atomic E-state index is 0.0514. The van der Waals surface area contributed by atoms with Crippen molar-refractivity contribution in [3.05, 3.63) is 42.1 Å². The Kier molecular flexibility index (Phi) is 3.13. The molecule has 0 spiro atoms. The smallest absolute Gasteiger partial charge is 0.106 e. The number of aliphatic hydroxyl groups is 1. The molecule has 3 nitrogen and oxygen atoms in total. The molecule has 0 saturated heterocycles. The van der Waals surface area contributed by atoms with Crippen LogP contribution in [-0.4, -0.2) is 16.6 Å². The Morgan fingerprint density at radius 1 is 1.35 bits per heavy atom. The molecule has 1 heterocycles. The fourth-order valence-electron chi connectivity index (χ4n) is 1.99. The third kappa shape index (κ3) is 2.04. The number of pyridine rings is 1. The Bertz CT molecular complexity index is 524. The summed E-state index contributed by atoms with van der Waals surface area (Å²) in [6.07, 6.45) is 1.72. The molecule has 2 aromatic rings. The molecular formula is C14H18N2O. The highest BCUT2D eigenvalue weighted by molar-refractivity contribution is 5.78. The average Bonchev–Trinajstić information content (AvgIpc) is 2.37. The Morgan fingerprint density at radius 3 is 2.71 bits per heavy atom. The van der Waals surface area contributed by atoms with Crippen LogP contribution < -0.4 is 5.73 Å². The van der Waals surface area contributed by atoms with Crippen molar-refractivity contribution in [2.24, 2.45) is 11.7 Å². The molecule has 3 N–H and O–H groups in total. The summed E-state index contributed by atoms with van der Waals surface area (Å²) in [7, 11) is 0. The summed E-state index contributed by atoms with van der Waals surface area (Å²) < 4.78 is 0. The predicted molar refractivity (Wildman–Crippen MR) is 69.5 cm³/mol. The molecule has 0 radical (unpaired) electrons. The molecule has 0 bridgehead atoms. The van der Waals surface area contributed by atoms with Gasteiger partial charge in [0.05, 0.1) is 5.52 Å². The summed E-state index contributed by atoms with van der Waals surface area (Å²) in [6, 6.07) is 9.82. The number of fused-ring (bicyclic) bond motifs is 1. The van der Waals surface area contributed by atoms with E-state index in [1.165, 1.54) is 0 Å². The van der Waals surface area contributed by atoms with Gasteiger partial charge in [0.1, 0.15) is 5.60 Å². The van der Waals surface area contributed by atoms with Crippen LogP contribution in [0.5, 0.6) is 0 Å². The average molecular weight is 230 g/mol. The quantitative estimate of drug-likeness (QED) is 0.848. The molecule has 0 saturated carbocycles. The van der Waals surface area contributed by atoms with E-state index in [0.717, 1.165) is 16.5 Å². The van der Waals surface area contributed by atoms with Gasteiger partial charge in [-0.05, 0) is 18.1 Å². The molecular weight excluding hydrogens is 212 g/mol. The van der Waals surface area contributed by atoms with Crippen molar-refractivity contribution in [2.75, 3.05) is 6.54 Å². The first-order chi connectivity index (χ1) is 8.08. The maximum atomic E-state index is 10.6. The summed E-state index contributed by atoms with van der Waals surface area (Å²) in [5.41, 5.74) is 6.42. The van der Waals surface area contributed by atoms with Crippen molar-refractivity contribution < 1.29 is 5.11 Å². The van der Waals surface area contributed by atoms with E-state index < -0.39 is 5.60 Å². The van der Waals surface area contributed by atoms with Gasteiger partial charge in [-0.25, -0.2) is 0 Å². The lowest BCUT2D eigenvalue weighted by Gasteiger charge is -2.31. The van der Waals surface area contributed by atoms with Crippen molar-refractivity contribution in [3.8, 4) is 0 Å². The summed E-state index contributed by atoms with van der Waals surface area (Å²) in [4.78, 5) is 4.36. The highest BCUT2D eigenvalue weighted by atomic mass is 16.3. The minimum atomic E-state index is -1.00. The zero-order chi connectivity index (χ0) is 12.5. The van der Waals surface area contributed by atoms with Gasteiger partial charge in [0.2, 0.25) is 0 Å². The highest BCUT2D eigenvalue weighted by Crippen LogP contribution is 2.29. The molecule has 0 fully saturated rings. The first-order valence-corrected chi connectivity index (χ1v) is 5.85. The lowest BCUT2D eigenvalue weighted by Crippen LogP contribution is -2.40. The SMILES string of the molecule is CC(C)C(O)(CN)c1cnc2ccccc2c1. The molecule has 1 aromatic carbocycles. The molecule has 0 amide bonds. The van der Waals surface area contributed by atoms with Gasteiger partial charge in [0, 0.05) is 23.7 Å². The van der Waals surface area contributed by atoms with Gasteiger partial charge in [0.25, 0.3) is 0 Å². The minimum Gasteiger partial charge on any atom is -0.384 e.